The minimum Gasteiger partial charge on any atom is -0.366 e. The first-order valence-corrected chi connectivity index (χ1v) is 2.36. The molecule has 2 nitrogen and oxygen atoms in total. The molecule has 0 aromatic carbocycles. The molecule has 0 saturated carbocycles. The van der Waals surface area contributed by atoms with E-state index in [-0.39, 0.29) is 0 Å². The van der Waals surface area contributed by atoms with Gasteiger partial charge in [0.25, 0.3) is 0 Å². The fourth-order valence-electron chi connectivity index (χ4n) is 0.262. The zero-order chi connectivity index (χ0) is 6.41. The summed E-state index contributed by atoms with van der Waals surface area (Å²) in [6.45, 7) is 1.87. The summed E-state index contributed by atoms with van der Waals surface area (Å²) in [4.78, 5) is 9.98. The molecule has 2 N–H and O–H groups in total. The highest BCUT2D eigenvalue weighted by Gasteiger charge is 1.75. The van der Waals surface area contributed by atoms with E-state index in [0.29, 0.717) is 0 Å². The Bertz CT molecular complexity index is 124. The lowest BCUT2D eigenvalue weighted by Gasteiger charge is -1.73. The molecule has 2 heteroatoms. The van der Waals surface area contributed by atoms with Crippen molar-refractivity contribution in [2.75, 3.05) is 0 Å². The summed E-state index contributed by atoms with van der Waals surface area (Å²) in [6, 6.07) is 0. The van der Waals surface area contributed by atoms with E-state index in [1.165, 1.54) is 6.08 Å². The summed E-state index contributed by atoms with van der Waals surface area (Å²) in [5.74, 6) is -0.414. The third kappa shape index (κ3) is 4.95. The van der Waals surface area contributed by atoms with Gasteiger partial charge in [-0.05, 0) is 6.92 Å². The number of hydrogen-bond acceptors (Lipinski definition) is 1. The minimum absolute atomic E-state index is 0.414. The van der Waals surface area contributed by atoms with E-state index in [4.69, 9.17) is 5.73 Å². The van der Waals surface area contributed by atoms with Crippen molar-refractivity contribution in [3.05, 3.63) is 24.3 Å². The fourth-order valence-corrected chi connectivity index (χ4v) is 0.262. The largest absolute Gasteiger partial charge is 0.366 e. The zero-order valence-electron chi connectivity index (χ0n) is 4.79. The number of rotatable bonds is 2. The summed E-state index contributed by atoms with van der Waals surface area (Å²) < 4.78 is 0. The molecule has 0 heterocycles. The highest BCUT2D eigenvalue weighted by atomic mass is 16.1. The van der Waals surface area contributed by atoms with E-state index >= 15 is 0 Å². The predicted octanol–water partition coefficient (Wildman–Crippen LogP) is 0.604. The van der Waals surface area contributed by atoms with E-state index in [0.717, 1.165) is 0 Å². The van der Waals surface area contributed by atoms with Crippen LogP contribution in [0.25, 0.3) is 0 Å². The number of allylic oxidation sites excluding steroid dienone is 3. The van der Waals surface area contributed by atoms with Gasteiger partial charge in [-0.2, -0.15) is 0 Å². The van der Waals surface area contributed by atoms with Crippen LogP contribution in [0.15, 0.2) is 24.3 Å². The maximum atomic E-state index is 9.98. The van der Waals surface area contributed by atoms with Gasteiger partial charge in [0.2, 0.25) is 5.91 Å². The summed E-state index contributed by atoms with van der Waals surface area (Å²) >= 11 is 0. The molecular formula is C6H9NO. The molecule has 0 aliphatic rings. The van der Waals surface area contributed by atoms with Crippen LogP contribution in [-0.4, -0.2) is 5.91 Å². The summed E-state index contributed by atoms with van der Waals surface area (Å²) in [5, 5.41) is 0. The Balaban J connectivity index is 3.50. The zero-order valence-corrected chi connectivity index (χ0v) is 4.79. The summed E-state index contributed by atoms with van der Waals surface area (Å²) in [6.07, 6.45) is 6.46. The SMILES string of the molecule is C/C=C/C=C/C(N)=O. The van der Waals surface area contributed by atoms with Gasteiger partial charge >= 0.3 is 0 Å². The first-order chi connectivity index (χ1) is 3.77. The third-order valence-electron chi connectivity index (χ3n) is 0.564. The molecule has 8 heavy (non-hydrogen) atoms. The highest BCUT2D eigenvalue weighted by molar-refractivity contribution is 5.85. The van der Waals surface area contributed by atoms with Crippen molar-refractivity contribution in [1.29, 1.82) is 0 Å². The summed E-state index contributed by atoms with van der Waals surface area (Å²) in [7, 11) is 0. The lowest BCUT2D eigenvalue weighted by Crippen LogP contribution is -2.04. The molecule has 0 aromatic rings. The predicted molar refractivity (Wildman–Crippen MR) is 33.1 cm³/mol. The lowest BCUT2D eigenvalue weighted by molar-refractivity contribution is -0.113. The number of amides is 1. The van der Waals surface area contributed by atoms with Crippen LogP contribution in [-0.2, 0) is 4.79 Å². The molecule has 0 unspecified atom stereocenters. The van der Waals surface area contributed by atoms with Crippen LogP contribution >= 0.6 is 0 Å². The van der Waals surface area contributed by atoms with Gasteiger partial charge in [0.15, 0.2) is 0 Å². The molecular weight excluding hydrogens is 102 g/mol. The molecule has 0 rings (SSSR count). The molecule has 1 amide bonds. The van der Waals surface area contributed by atoms with Gasteiger partial charge in [0, 0.05) is 6.08 Å². The quantitative estimate of drug-likeness (QED) is 0.411. The molecule has 0 spiro atoms. The molecule has 0 saturated heterocycles. The molecule has 0 bridgehead atoms. The molecule has 44 valence electrons. The Morgan fingerprint density at radius 2 is 2.12 bits per heavy atom. The Morgan fingerprint density at radius 1 is 1.50 bits per heavy atom. The molecule has 0 fully saturated rings. The van der Waals surface area contributed by atoms with Crippen LogP contribution < -0.4 is 5.73 Å². The van der Waals surface area contributed by atoms with Crippen molar-refractivity contribution in [2.45, 2.75) is 6.92 Å². The van der Waals surface area contributed by atoms with Gasteiger partial charge in [-0.25, -0.2) is 0 Å². The van der Waals surface area contributed by atoms with Crippen molar-refractivity contribution in [1.82, 2.24) is 0 Å². The van der Waals surface area contributed by atoms with Crippen LogP contribution in [0.2, 0.25) is 0 Å². The van der Waals surface area contributed by atoms with Crippen molar-refractivity contribution >= 4 is 5.91 Å². The summed E-state index contributed by atoms with van der Waals surface area (Å²) in [5.41, 5.74) is 4.77. The monoisotopic (exact) mass is 111 g/mol. The van der Waals surface area contributed by atoms with Gasteiger partial charge in [-0.1, -0.05) is 18.2 Å². The van der Waals surface area contributed by atoms with E-state index in [9.17, 15) is 4.79 Å². The van der Waals surface area contributed by atoms with Crippen molar-refractivity contribution in [3.63, 3.8) is 0 Å². The standard InChI is InChI=1S/C6H9NO/c1-2-3-4-5-6(7)8/h2-5H,1H3,(H2,7,8)/b3-2+,5-4+. The van der Waals surface area contributed by atoms with Crippen molar-refractivity contribution in [2.24, 2.45) is 5.73 Å². The number of hydrogen-bond donors (Lipinski definition) is 1. The number of primary amides is 1. The van der Waals surface area contributed by atoms with E-state index in [1.807, 2.05) is 13.0 Å². The Kier molecular flexibility index (Phi) is 3.58. The highest BCUT2D eigenvalue weighted by Crippen LogP contribution is 1.73. The van der Waals surface area contributed by atoms with Crippen LogP contribution in [0.3, 0.4) is 0 Å². The smallest absolute Gasteiger partial charge is 0.241 e. The topological polar surface area (TPSA) is 43.1 Å². The van der Waals surface area contributed by atoms with Gasteiger partial charge < -0.3 is 5.73 Å². The number of nitrogens with two attached hydrogens (primary N) is 1. The van der Waals surface area contributed by atoms with E-state index in [1.54, 1.807) is 12.2 Å². The second-order valence-corrected chi connectivity index (χ2v) is 1.29. The Morgan fingerprint density at radius 3 is 2.50 bits per heavy atom. The number of carbonyl (C=O) groups excluding carboxylic acids is 1. The Labute approximate surface area is 48.7 Å². The van der Waals surface area contributed by atoms with Crippen LogP contribution in [0, 0.1) is 0 Å². The van der Waals surface area contributed by atoms with Crippen LogP contribution in [0.4, 0.5) is 0 Å². The lowest BCUT2D eigenvalue weighted by atomic mass is 10.4. The van der Waals surface area contributed by atoms with E-state index in [2.05, 4.69) is 0 Å². The first kappa shape index (κ1) is 6.95. The van der Waals surface area contributed by atoms with Gasteiger partial charge in [-0.15, -0.1) is 0 Å². The Hall–Kier alpha value is -1.05. The molecule has 0 aliphatic heterocycles. The second kappa shape index (κ2) is 4.12. The van der Waals surface area contributed by atoms with Gasteiger partial charge in [-0.3, -0.25) is 4.79 Å². The second-order valence-electron chi connectivity index (χ2n) is 1.29. The maximum absolute atomic E-state index is 9.98. The van der Waals surface area contributed by atoms with E-state index < -0.39 is 5.91 Å². The normalized spacial score (nSPS) is 11.1. The van der Waals surface area contributed by atoms with Crippen LogP contribution in [0.5, 0.6) is 0 Å². The first-order valence-electron chi connectivity index (χ1n) is 2.36. The minimum atomic E-state index is -0.414. The average Bonchev–Trinajstić information content (AvgIpc) is 1.66. The molecule has 0 radical (unpaired) electrons. The van der Waals surface area contributed by atoms with Crippen molar-refractivity contribution < 1.29 is 4.79 Å². The fraction of sp³-hybridized carbons (Fsp3) is 0.167. The van der Waals surface area contributed by atoms with Crippen molar-refractivity contribution in [3.8, 4) is 0 Å². The molecule has 0 atom stereocenters. The van der Waals surface area contributed by atoms with Gasteiger partial charge in [0.05, 0.1) is 0 Å². The van der Waals surface area contributed by atoms with Crippen LogP contribution in [0.1, 0.15) is 6.92 Å². The molecule has 0 aromatic heterocycles. The number of carbonyl (C=O) groups is 1. The molecule has 0 aliphatic carbocycles. The average molecular weight is 111 g/mol. The maximum Gasteiger partial charge on any atom is 0.241 e. The van der Waals surface area contributed by atoms with Gasteiger partial charge in [0.1, 0.15) is 0 Å². The third-order valence-corrected chi connectivity index (χ3v) is 0.564.